The van der Waals surface area contributed by atoms with Gasteiger partial charge in [-0.2, -0.15) is 5.10 Å². The minimum Gasteiger partial charge on any atom is -0.305 e. The number of halogens is 4. The Hall–Kier alpha value is -1.72. The van der Waals surface area contributed by atoms with E-state index in [1.807, 2.05) is 13.0 Å². The van der Waals surface area contributed by atoms with E-state index in [1.165, 1.54) is 6.07 Å². The summed E-state index contributed by atoms with van der Waals surface area (Å²) in [6, 6.07) is 11.8. The molecule has 0 bridgehead atoms. The number of benzene rings is 2. The standard InChI is InChI=1S/C18H13Cl4N3O/c1-10-6-17(23-18(26)14-5-4-13(20)8-16(14)22)24-25(10)9-11-2-3-12(19)7-15(11)21/h2-8H,9H2,1H3,(H,23,24,26). The van der Waals surface area contributed by atoms with Gasteiger partial charge in [0, 0.05) is 26.8 Å². The molecule has 8 heteroatoms. The predicted molar refractivity (Wildman–Crippen MR) is 107 cm³/mol. The Balaban J connectivity index is 1.78. The molecular weight excluding hydrogens is 416 g/mol. The van der Waals surface area contributed by atoms with Crippen molar-refractivity contribution in [2.24, 2.45) is 0 Å². The van der Waals surface area contributed by atoms with Crippen LogP contribution in [0.15, 0.2) is 42.5 Å². The van der Waals surface area contributed by atoms with Crippen LogP contribution in [0, 0.1) is 6.92 Å². The molecule has 3 rings (SSSR count). The summed E-state index contributed by atoms with van der Waals surface area (Å²) in [6.07, 6.45) is 0. The third-order valence-corrected chi connectivity index (χ3v) is 4.87. The summed E-state index contributed by atoms with van der Waals surface area (Å²) >= 11 is 24.1. The maximum Gasteiger partial charge on any atom is 0.258 e. The van der Waals surface area contributed by atoms with Crippen molar-refractivity contribution < 1.29 is 4.79 Å². The maximum atomic E-state index is 12.4. The van der Waals surface area contributed by atoms with Crippen LogP contribution in [0.4, 0.5) is 5.82 Å². The third kappa shape index (κ3) is 4.33. The summed E-state index contributed by atoms with van der Waals surface area (Å²) in [5, 5.41) is 9.02. The van der Waals surface area contributed by atoms with Crippen LogP contribution in [0.2, 0.25) is 20.1 Å². The van der Waals surface area contributed by atoms with Crippen molar-refractivity contribution in [1.29, 1.82) is 0 Å². The van der Waals surface area contributed by atoms with E-state index in [0.717, 1.165) is 11.3 Å². The van der Waals surface area contributed by atoms with Crippen molar-refractivity contribution in [3.63, 3.8) is 0 Å². The zero-order valence-electron chi connectivity index (χ0n) is 13.6. The average molecular weight is 429 g/mol. The molecule has 1 N–H and O–H groups in total. The van der Waals surface area contributed by atoms with Crippen LogP contribution >= 0.6 is 46.4 Å². The fourth-order valence-electron chi connectivity index (χ4n) is 2.40. The van der Waals surface area contributed by atoms with E-state index < -0.39 is 0 Å². The summed E-state index contributed by atoms with van der Waals surface area (Å²) in [4.78, 5) is 12.4. The number of hydrogen-bond acceptors (Lipinski definition) is 2. The van der Waals surface area contributed by atoms with Crippen molar-refractivity contribution in [2.45, 2.75) is 13.5 Å². The normalized spacial score (nSPS) is 10.8. The van der Waals surface area contributed by atoms with Crippen LogP contribution in [0.5, 0.6) is 0 Å². The molecule has 0 aliphatic carbocycles. The molecule has 1 heterocycles. The highest BCUT2D eigenvalue weighted by atomic mass is 35.5. The van der Waals surface area contributed by atoms with Gasteiger partial charge in [0.15, 0.2) is 5.82 Å². The largest absolute Gasteiger partial charge is 0.305 e. The molecule has 0 spiro atoms. The van der Waals surface area contributed by atoms with Crippen LogP contribution in [-0.4, -0.2) is 15.7 Å². The summed E-state index contributed by atoms with van der Waals surface area (Å²) in [5.41, 5.74) is 2.07. The van der Waals surface area contributed by atoms with Crippen LogP contribution in [0.3, 0.4) is 0 Å². The van der Waals surface area contributed by atoms with E-state index in [4.69, 9.17) is 46.4 Å². The van der Waals surface area contributed by atoms with Gasteiger partial charge in [-0.25, -0.2) is 0 Å². The molecule has 26 heavy (non-hydrogen) atoms. The lowest BCUT2D eigenvalue weighted by molar-refractivity contribution is 0.102. The number of rotatable bonds is 4. The van der Waals surface area contributed by atoms with E-state index >= 15 is 0 Å². The molecule has 0 atom stereocenters. The number of amides is 1. The molecule has 0 aliphatic rings. The highest BCUT2D eigenvalue weighted by Crippen LogP contribution is 2.24. The molecule has 134 valence electrons. The summed E-state index contributed by atoms with van der Waals surface area (Å²) in [5.74, 6) is 0.0597. The number of aryl methyl sites for hydroxylation is 1. The first kappa shape index (κ1) is 19.1. The van der Waals surface area contributed by atoms with Gasteiger partial charge in [0.1, 0.15) is 0 Å². The zero-order chi connectivity index (χ0) is 18.8. The molecule has 0 saturated carbocycles. The van der Waals surface area contributed by atoms with Gasteiger partial charge in [0.2, 0.25) is 0 Å². The van der Waals surface area contributed by atoms with E-state index in [-0.39, 0.29) is 10.9 Å². The fraction of sp³-hybridized carbons (Fsp3) is 0.111. The van der Waals surface area contributed by atoms with Crippen LogP contribution in [0.25, 0.3) is 0 Å². The van der Waals surface area contributed by atoms with E-state index in [0.29, 0.717) is 33.0 Å². The highest BCUT2D eigenvalue weighted by Gasteiger charge is 2.14. The van der Waals surface area contributed by atoms with Crippen LogP contribution < -0.4 is 5.32 Å². The fourth-order valence-corrected chi connectivity index (χ4v) is 3.36. The number of anilines is 1. The monoisotopic (exact) mass is 427 g/mol. The Kier molecular flexibility index (Phi) is 5.78. The van der Waals surface area contributed by atoms with E-state index in [1.54, 1.807) is 35.0 Å². The second-order valence-corrected chi connectivity index (χ2v) is 7.33. The lowest BCUT2D eigenvalue weighted by Gasteiger charge is -2.07. The number of carbonyl (C=O) groups is 1. The first-order chi connectivity index (χ1) is 12.3. The molecule has 0 aliphatic heterocycles. The lowest BCUT2D eigenvalue weighted by Crippen LogP contribution is -2.13. The summed E-state index contributed by atoms with van der Waals surface area (Å²) in [6.45, 7) is 2.35. The van der Waals surface area contributed by atoms with E-state index in [9.17, 15) is 4.79 Å². The Morgan fingerprint density at radius 2 is 1.65 bits per heavy atom. The van der Waals surface area contributed by atoms with Gasteiger partial charge in [0.05, 0.1) is 17.1 Å². The Bertz CT molecular complexity index is 985. The van der Waals surface area contributed by atoms with Gasteiger partial charge in [0.25, 0.3) is 5.91 Å². The van der Waals surface area contributed by atoms with Crippen molar-refractivity contribution in [1.82, 2.24) is 9.78 Å². The summed E-state index contributed by atoms with van der Waals surface area (Å²) in [7, 11) is 0. The number of carbonyl (C=O) groups excluding carboxylic acids is 1. The molecule has 0 radical (unpaired) electrons. The molecule has 0 unspecified atom stereocenters. The molecule has 3 aromatic rings. The van der Waals surface area contributed by atoms with Gasteiger partial charge in [-0.05, 0) is 42.8 Å². The second kappa shape index (κ2) is 7.89. The van der Waals surface area contributed by atoms with Crippen LogP contribution in [-0.2, 0) is 6.54 Å². The first-order valence-electron chi connectivity index (χ1n) is 7.58. The lowest BCUT2D eigenvalue weighted by atomic mass is 10.2. The van der Waals surface area contributed by atoms with Crippen molar-refractivity contribution >= 4 is 58.1 Å². The van der Waals surface area contributed by atoms with E-state index in [2.05, 4.69) is 10.4 Å². The van der Waals surface area contributed by atoms with Gasteiger partial charge >= 0.3 is 0 Å². The molecule has 1 aromatic heterocycles. The zero-order valence-corrected chi connectivity index (χ0v) is 16.6. The minimum absolute atomic E-state index is 0.277. The Morgan fingerprint density at radius 3 is 2.31 bits per heavy atom. The molecule has 1 amide bonds. The molecule has 0 saturated heterocycles. The topological polar surface area (TPSA) is 46.9 Å². The van der Waals surface area contributed by atoms with Gasteiger partial charge < -0.3 is 5.32 Å². The number of aromatic nitrogens is 2. The molecular formula is C18H13Cl4N3O. The number of hydrogen-bond donors (Lipinski definition) is 1. The van der Waals surface area contributed by atoms with Crippen molar-refractivity contribution in [3.05, 3.63) is 79.4 Å². The molecule has 0 fully saturated rings. The Morgan fingerprint density at radius 1 is 1.00 bits per heavy atom. The van der Waals surface area contributed by atoms with Gasteiger partial charge in [-0.3, -0.25) is 9.48 Å². The SMILES string of the molecule is Cc1cc(NC(=O)c2ccc(Cl)cc2Cl)nn1Cc1ccc(Cl)cc1Cl. The van der Waals surface area contributed by atoms with Gasteiger partial charge in [-0.15, -0.1) is 0 Å². The van der Waals surface area contributed by atoms with Crippen molar-refractivity contribution in [2.75, 3.05) is 5.32 Å². The smallest absolute Gasteiger partial charge is 0.258 e. The van der Waals surface area contributed by atoms with Crippen LogP contribution in [0.1, 0.15) is 21.6 Å². The Labute approximate surface area is 170 Å². The maximum absolute atomic E-state index is 12.4. The van der Waals surface area contributed by atoms with Gasteiger partial charge in [-0.1, -0.05) is 52.5 Å². The minimum atomic E-state index is -0.360. The highest BCUT2D eigenvalue weighted by molar-refractivity contribution is 6.37. The number of nitrogens with zero attached hydrogens (tertiary/aromatic N) is 2. The molecule has 4 nitrogen and oxygen atoms in total. The first-order valence-corrected chi connectivity index (χ1v) is 9.09. The number of nitrogens with one attached hydrogen (secondary N) is 1. The summed E-state index contributed by atoms with van der Waals surface area (Å²) < 4.78 is 1.74. The third-order valence-electron chi connectivity index (χ3n) is 3.73. The van der Waals surface area contributed by atoms with Crippen molar-refractivity contribution in [3.8, 4) is 0 Å². The predicted octanol–water partition coefficient (Wildman–Crippen LogP) is 6.11. The quantitative estimate of drug-likeness (QED) is 0.545. The molecule has 2 aromatic carbocycles. The average Bonchev–Trinajstić information content (AvgIpc) is 2.89. The second-order valence-electron chi connectivity index (χ2n) is 5.64.